The van der Waals surface area contributed by atoms with Crippen LogP contribution in [0.15, 0.2) is 53.6 Å². The highest BCUT2D eigenvalue weighted by atomic mass is 35.5. The van der Waals surface area contributed by atoms with E-state index in [4.69, 9.17) is 16.9 Å². The van der Waals surface area contributed by atoms with Gasteiger partial charge in [0, 0.05) is 44.5 Å². The van der Waals surface area contributed by atoms with Crippen LogP contribution in [-0.4, -0.2) is 62.3 Å². The Hall–Kier alpha value is -2.76. The number of rotatable bonds is 4. The van der Waals surface area contributed by atoms with Gasteiger partial charge in [-0.25, -0.2) is 13.4 Å². The van der Waals surface area contributed by atoms with E-state index >= 15 is 0 Å². The Morgan fingerprint density at radius 3 is 2.78 bits per heavy atom. The number of benzene rings is 1. The van der Waals surface area contributed by atoms with E-state index in [1.807, 2.05) is 17.0 Å². The van der Waals surface area contributed by atoms with Gasteiger partial charge in [0.1, 0.15) is 17.6 Å². The summed E-state index contributed by atoms with van der Waals surface area (Å²) in [5.74, 6) is 0.628. The summed E-state index contributed by atoms with van der Waals surface area (Å²) in [5, 5.41) is 8.79. The molecule has 0 saturated carbocycles. The molecule has 2 fully saturated rings. The molecule has 0 radical (unpaired) electrons. The molecular formula is C23H24ClN5O2S. The van der Waals surface area contributed by atoms with E-state index in [0.29, 0.717) is 37.1 Å². The fourth-order valence-corrected chi connectivity index (χ4v) is 7.05. The highest BCUT2D eigenvalue weighted by molar-refractivity contribution is 7.92. The van der Waals surface area contributed by atoms with Gasteiger partial charge in [-0.2, -0.15) is 5.26 Å². The maximum absolute atomic E-state index is 13.4. The number of nitriles is 1. The van der Waals surface area contributed by atoms with Crippen LogP contribution >= 0.6 is 11.6 Å². The molecule has 4 heterocycles. The van der Waals surface area contributed by atoms with Gasteiger partial charge in [-0.3, -0.25) is 0 Å². The SMILES string of the molecule is N#Cc1cccc(N2CC[C@H](S(=O)(=O)c3ccc(N4CCN5C=CC[C@H]5C4)cc3Cl)C2)n1. The molecule has 32 heavy (non-hydrogen) atoms. The standard InChI is InChI=1S/C23H24ClN5O2S/c24-21-13-18(28-12-11-27-9-2-4-19(27)15-28)6-7-22(21)32(30,31)20-8-10-29(16-20)23-5-1-3-17(14-25)26-23/h1-3,5-7,9,13,19-20H,4,8,10-12,15-16H2/t19-,20-/m0/s1. The largest absolute Gasteiger partial charge is 0.371 e. The Morgan fingerprint density at radius 2 is 1.97 bits per heavy atom. The number of anilines is 2. The summed E-state index contributed by atoms with van der Waals surface area (Å²) in [6.07, 6.45) is 5.91. The molecule has 3 aliphatic heterocycles. The van der Waals surface area contributed by atoms with Gasteiger partial charge in [0.05, 0.1) is 15.2 Å². The minimum atomic E-state index is -3.59. The minimum Gasteiger partial charge on any atom is -0.371 e. The van der Waals surface area contributed by atoms with Crippen molar-refractivity contribution >= 4 is 32.9 Å². The van der Waals surface area contributed by atoms with E-state index in [-0.39, 0.29) is 9.92 Å². The third kappa shape index (κ3) is 3.80. The Labute approximate surface area is 193 Å². The topological polar surface area (TPSA) is 80.5 Å². The Balaban J connectivity index is 1.32. The van der Waals surface area contributed by atoms with Gasteiger partial charge < -0.3 is 14.7 Å². The van der Waals surface area contributed by atoms with Crippen LogP contribution in [0.1, 0.15) is 18.5 Å². The summed E-state index contributed by atoms with van der Waals surface area (Å²) in [5.41, 5.74) is 1.28. The number of piperazine rings is 1. The first-order chi connectivity index (χ1) is 15.5. The predicted octanol–water partition coefficient (Wildman–Crippen LogP) is 3.07. The number of sulfone groups is 1. The van der Waals surface area contributed by atoms with E-state index in [1.165, 1.54) is 0 Å². The number of hydrogen-bond donors (Lipinski definition) is 0. The first-order valence-electron chi connectivity index (χ1n) is 10.8. The molecule has 3 aliphatic rings. The molecule has 166 valence electrons. The van der Waals surface area contributed by atoms with Gasteiger partial charge in [-0.1, -0.05) is 23.7 Å². The van der Waals surface area contributed by atoms with Crippen LogP contribution in [0, 0.1) is 11.3 Å². The third-order valence-corrected chi connectivity index (χ3v) is 9.23. The van der Waals surface area contributed by atoms with Gasteiger partial charge in [0.2, 0.25) is 0 Å². The molecule has 2 atom stereocenters. The van der Waals surface area contributed by atoms with Gasteiger partial charge >= 0.3 is 0 Å². The van der Waals surface area contributed by atoms with Crippen LogP contribution < -0.4 is 9.80 Å². The van der Waals surface area contributed by atoms with E-state index < -0.39 is 15.1 Å². The van der Waals surface area contributed by atoms with Crippen molar-refractivity contribution in [3.63, 3.8) is 0 Å². The molecule has 1 aromatic carbocycles. The smallest absolute Gasteiger partial charge is 0.184 e. The first-order valence-corrected chi connectivity index (χ1v) is 12.7. The zero-order chi connectivity index (χ0) is 22.3. The fraction of sp³-hybridized carbons (Fsp3) is 0.391. The van der Waals surface area contributed by atoms with Gasteiger partial charge in [-0.05, 0) is 49.4 Å². The van der Waals surface area contributed by atoms with Gasteiger partial charge in [0.15, 0.2) is 9.84 Å². The zero-order valence-corrected chi connectivity index (χ0v) is 19.1. The number of nitrogens with zero attached hydrogens (tertiary/aromatic N) is 5. The number of hydrogen-bond acceptors (Lipinski definition) is 7. The summed E-state index contributed by atoms with van der Waals surface area (Å²) < 4.78 is 26.8. The Morgan fingerprint density at radius 1 is 1.09 bits per heavy atom. The Bertz CT molecular complexity index is 1210. The molecule has 0 spiro atoms. The van der Waals surface area contributed by atoms with Crippen LogP contribution in [0.5, 0.6) is 0 Å². The van der Waals surface area contributed by atoms with Crippen LogP contribution in [0.3, 0.4) is 0 Å². The van der Waals surface area contributed by atoms with Crippen LogP contribution in [-0.2, 0) is 9.84 Å². The monoisotopic (exact) mass is 469 g/mol. The fourth-order valence-electron chi connectivity index (χ4n) is 4.81. The summed E-state index contributed by atoms with van der Waals surface area (Å²) in [4.78, 5) is 11.0. The maximum atomic E-state index is 13.4. The van der Waals surface area contributed by atoms with E-state index in [1.54, 1.807) is 30.3 Å². The molecule has 5 rings (SSSR count). The minimum absolute atomic E-state index is 0.190. The highest BCUT2D eigenvalue weighted by Crippen LogP contribution is 2.34. The van der Waals surface area contributed by atoms with Crippen molar-refractivity contribution in [1.29, 1.82) is 5.26 Å². The van der Waals surface area contributed by atoms with Crippen molar-refractivity contribution in [3.8, 4) is 6.07 Å². The average Bonchev–Trinajstić information content (AvgIpc) is 3.48. The molecular weight excluding hydrogens is 446 g/mol. The first kappa shape index (κ1) is 21.1. The maximum Gasteiger partial charge on any atom is 0.184 e. The lowest BCUT2D eigenvalue weighted by Crippen LogP contribution is -2.49. The molecule has 7 nitrogen and oxygen atoms in total. The van der Waals surface area contributed by atoms with Gasteiger partial charge in [-0.15, -0.1) is 0 Å². The molecule has 0 amide bonds. The molecule has 9 heteroatoms. The number of pyridine rings is 1. The lowest BCUT2D eigenvalue weighted by atomic mass is 10.1. The molecule has 0 bridgehead atoms. The van der Waals surface area contributed by atoms with Crippen molar-refractivity contribution in [2.75, 3.05) is 42.5 Å². The highest BCUT2D eigenvalue weighted by Gasteiger charge is 2.36. The molecule has 0 unspecified atom stereocenters. The summed E-state index contributed by atoms with van der Waals surface area (Å²) in [7, 11) is -3.59. The lowest BCUT2D eigenvalue weighted by molar-refractivity contribution is 0.271. The van der Waals surface area contributed by atoms with Crippen LogP contribution in [0.25, 0.3) is 0 Å². The molecule has 2 saturated heterocycles. The normalized spacial score (nSPS) is 22.8. The summed E-state index contributed by atoms with van der Waals surface area (Å²) in [6, 6.07) is 13.0. The van der Waals surface area contributed by atoms with Gasteiger partial charge in [0.25, 0.3) is 0 Å². The molecule has 0 N–H and O–H groups in total. The van der Waals surface area contributed by atoms with E-state index in [9.17, 15) is 8.42 Å². The molecule has 2 aromatic rings. The van der Waals surface area contributed by atoms with Crippen molar-refractivity contribution < 1.29 is 8.42 Å². The second kappa shape index (κ2) is 8.30. The second-order valence-electron chi connectivity index (χ2n) is 8.47. The quantitative estimate of drug-likeness (QED) is 0.680. The van der Waals surface area contributed by atoms with Crippen LogP contribution in [0.4, 0.5) is 11.5 Å². The predicted molar refractivity (Wildman–Crippen MR) is 125 cm³/mol. The number of halogens is 1. The van der Waals surface area contributed by atoms with Crippen molar-refractivity contribution in [3.05, 3.63) is 59.4 Å². The lowest BCUT2D eigenvalue weighted by Gasteiger charge is -2.39. The zero-order valence-electron chi connectivity index (χ0n) is 17.6. The van der Waals surface area contributed by atoms with Crippen molar-refractivity contribution in [1.82, 2.24) is 9.88 Å². The van der Waals surface area contributed by atoms with Crippen molar-refractivity contribution in [2.45, 2.75) is 29.0 Å². The summed E-state index contributed by atoms with van der Waals surface area (Å²) in [6.45, 7) is 3.65. The number of aromatic nitrogens is 1. The average molecular weight is 470 g/mol. The second-order valence-corrected chi connectivity index (χ2v) is 11.1. The van der Waals surface area contributed by atoms with E-state index in [0.717, 1.165) is 31.7 Å². The summed E-state index contributed by atoms with van der Waals surface area (Å²) >= 11 is 6.53. The van der Waals surface area contributed by atoms with E-state index in [2.05, 4.69) is 27.1 Å². The molecule has 1 aromatic heterocycles. The Kier molecular flexibility index (Phi) is 5.48. The van der Waals surface area contributed by atoms with Crippen molar-refractivity contribution in [2.24, 2.45) is 0 Å². The van der Waals surface area contributed by atoms with Crippen LogP contribution in [0.2, 0.25) is 5.02 Å². The third-order valence-electron chi connectivity index (χ3n) is 6.58. The molecule has 0 aliphatic carbocycles. The number of fused-ring (bicyclic) bond motifs is 1.